The van der Waals surface area contributed by atoms with Gasteiger partial charge in [0.25, 0.3) is 0 Å². The summed E-state index contributed by atoms with van der Waals surface area (Å²) < 4.78 is 8.59. The summed E-state index contributed by atoms with van der Waals surface area (Å²) in [7, 11) is 0. The number of nitrogens with zero attached hydrogens (tertiary/aromatic N) is 2. The lowest BCUT2D eigenvalue weighted by Crippen LogP contribution is -2.21. The molecule has 1 N–H and O–H groups in total. The van der Waals surface area contributed by atoms with Crippen LogP contribution in [0.25, 0.3) is 11.0 Å². The van der Waals surface area contributed by atoms with Crippen LogP contribution in [-0.2, 0) is 0 Å². The van der Waals surface area contributed by atoms with E-state index in [1.807, 2.05) is 0 Å². The zero-order chi connectivity index (χ0) is 13.9. The number of fused-ring (bicyclic) bond motifs is 1. The van der Waals surface area contributed by atoms with Crippen LogP contribution < -0.4 is 5.32 Å². The molecule has 0 unspecified atom stereocenters. The van der Waals surface area contributed by atoms with Crippen molar-refractivity contribution in [3.05, 3.63) is 16.1 Å². The monoisotopic (exact) mass is 329 g/mol. The maximum Gasteiger partial charge on any atom is 0.130 e. The van der Waals surface area contributed by atoms with Crippen molar-refractivity contribution in [2.45, 2.75) is 51.0 Å². The SMILES string of the molecule is Clc1cc(Cl)c2nsnc2c1NC1CCCCCCC1. The van der Waals surface area contributed by atoms with Gasteiger partial charge in [-0.1, -0.05) is 55.3 Å². The second-order valence-corrected chi connectivity index (χ2v) is 6.71. The highest BCUT2D eigenvalue weighted by molar-refractivity contribution is 7.00. The number of benzene rings is 1. The Morgan fingerprint density at radius 2 is 1.60 bits per heavy atom. The van der Waals surface area contributed by atoms with Crippen molar-refractivity contribution in [3.8, 4) is 0 Å². The molecule has 1 aliphatic rings. The maximum absolute atomic E-state index is 6.35. The summed E-state index contributed by atoms with van der Waals surface area (Å²) in [5.74, 6) is 0. The number of rotatable bonds is 2. The van der Waals surface area contributed by atoms with E-state index < -0.39 is 0 Å². The number of aromatic nitrogens is 2. The van der Waals surface area contributed by atoms with Gasteiger partial charge in [-0.15, -0.1) is 0 Å². The Hall–Kier alpha value is -0.580. The largest absolute Gasteiger partial charge is 0.379 e. The van der Waals surface area contributed by atoms with Crippen molar-refractivity contribution in [1.29, 1.82) is 0 Å². The minimum Gasteiger partial charge on any atom is -0.379 e. The lowest BCUT2D eigenvalue weighted by Gasteiger charge is -2.23. The van der Waals surface area contributed by atoms with Crippen molar-refractivity contribution in [1.82, 2.24) is 8.75 Å². The Morgan fingerprint density at radius 1 is 0.950 bits per heavy atom. The third-order valence-electron chi connectivity index (χ3n) is 3.90. The zero-order valence-corrected chi connectivity index (χ0v) is 13.5. The van der Waals surface area contributed by atoms with Gasteiger partial charge in [-0.25, -0.2) is 0 Å². The Bertz CT molecular complexity index is 591. The lowest BCUT2D eigenvalue weighted by atomic mass is 9.96. The third-order valence-corrected chi connectivity index (χ3v) is 5.01. The van der Waals surface area contributed by atoms with E-state index in [1.54, 1.807) is 6.07 Å². The molecule has 0 radical (unpaired) electrons. The molecular formula is C14H17Cl2N3S. The van der Waals surface area contributed by atoms with Crippen LogP contribution in [0, 0.1) is 0 Å². The highest BCUT2D eigenvalue weighted by atomic mass is 35.5. The smallest absolute Gasteiger partial charge is 0.130 e. The second-order valence-electron chi connectivity index (χ2n) is 5.36. The van der Waals surface area contributed by atoms with E-state index in [4.69, 9.17) is 23.2 Å². The summed E-state index contributed by atoms with van der Waals surface area (Å²) >= 11 is 13.7. The molecule has 1 saturated carbocycles. The van der Waals surface area contributed by atoms with Crippen molar-refractivity contribution in [2.75, 3.05) is 5.32 Å². The summed E-state index contributed by atoms with van der Waals surface area (Å²) in [6.45, 7) is 0. The molecule has 1 aliphatic carbocycles. The number of anilines is 1. The van der Waals surface area contributed by atoms with Crippen LogP contribution in [0.15, 0.2) is 6.07 Å². The van der Waals surface area contributed by atoms with Gasteiger partial charge in [0.05, 0.1) is 27.5 Å². The van der Waals surface area contributed by atoms with Crippen LogP contribution in [0.4, 0.5) is 5.69 Å². The van der Waals surface area contributed by atoms with Gasteiger partial charge in [0, 0.05) is 6.04 Å². The minimum atomic E-state index is 0.471. The third kappa shape index (κ3) is 3.02. The molecule has 3 rings (SSSR count). The van der Waals surface area contributed by atoms with E-state index in [1.165, 1.54) is 56.7 Å². The molecule has 0 atom stereocenters. The summed E-state index contributed by atoms with van der Waals surface area (Å²) in [5.41, 5.74) is 2.44. The average molecular weight is 330 g/mol. The number of hydrogen-bond acceptors (Lipinski definition) is 4. The molecule has 1 aromatic carbocycles. The van der Waals surface area contributed by atoms with E-state index in [0.29, 0.717) is 16.1 Å². The van der Waals surface area contributed by atoms with Crippen LogP contribution in [-0.4, -0.2) is 14.8 Å². The zero-order valence-electron chi connectivity index (χ0n) is 11.2. The predicted molar refractivity (Wildman–Crippen MR) is 87.2 cm³/mol. The maximum atomic E-state index is 6.35. The van der Waals surface area contributed by atoms with Crippen LogP contribution in [0.2, 0.25) is 10.0 Å². The van der Waals surface area contributed by atoms with Gasteiger partial charge in [0.15, 0.2) is 0 Å². The quantitative estimate of drug-likeness (QED) is 0.787. The minimum absolute atomic E-state index is 0.471. The van der Waals surface area contributed by atoms with Crippen LogP contribution in [0.5, 0.6) is 0 Å². The molecule has 0 amide bonds. The summed E-state index contributed by atoms with van der Waals surface area (Å²) in [4.78, 5) is 0. The summed E-state index contributed by atoms with van der Waals surface area (Å²) in [6, 6.07) is 2.23. The average Bonchev–Trinajstić information content (AvgIpc) is 2.86. The number of hydrogen-bond donors (Lipinski definition) is 1. The molecule has 0 aliphatic heterocycles. The van der Waals surface area contributed by atoms with Crippen LogP contribution in [0.1, 0.15) is 44.9 Å². The first-order chi connectivity index (χ1) is 9.75. The highest BCUT2D eigenvalue weighted by Crippen LogP contribution is 2.36. The molecular weight excluding hydrogens is 313 g/mol. The van der Waals surface area contributed by atoms with Gasteiger partial charge in [0.1, 0.15) is 11.0 Å². The molecule has 0 bridgehead atoms. The number of nitrogens with one attached hydrogen (secondary N) is 1. The first-order valence-corrected chi connectivity index (χ1v) is 8.61. The molecule has 2 aromatic rings. The Labute approximate surface area is 133 Å². The molecule has 3 nitrogen and oxygen atoms in total. The normalized spacial score (nSPS) is 17.9. The van der Waals surface area contributed by atoms with Gasteiger partial charge in [-0.2, -0.15) is 8.75 Å². The molecule has 0 spiro atoms. The first kappa shape index (κ1) is 14.4. The van der Waals surface area contributed by atoms with E-state index >= 15 is 0 Å². The summed E-state index contributed by atoms with van der Waals surface area (Å²) in [5, 5.41) is 4.79. The molecule has 1 heterocycles. The van der Waals surface area contributed by atoms with Crippen molar-refractivity contribution in [2.24, 2.45) is 0 Å². The fourth-order valence-corrected chi connectivity index (χ4v) is 3.98. The second kappa shape index (κ2) is 6.46. The van der Waals surface area contributed by atoms with Gasteiger partial charge < -0.3 is 5.32 Å². The Kier molecular flexibility index (Phi) is 4.64. The highest BCUT2D eigenvalue weighted by Gasteiger charge is 2.18. The van der Waals surface area contributed by atoms with Crippen molar-refractivity contribution >= 4 is 51.7 Å². The van der Waals surface area contributed by atoms with E-state index in [-0.39, 0.29) is 0 Å². The van der Waals surface area contributed by atoms with Crippen molar-refractivity contribution in [3.63, 3.8) is 0 Å². The van der Waals surface area contributed by atoms with Gasteiger partial charge in [-0.3, -0.25) is 0 Å². The fourth-order valence-electron chi connectivity index (χ4n) is 2.82. The molecule has 1 aromatic heterocycles. The van der Waals surface area contributed by atoms with Gasteiger partial charge in [0.2, 0.25) is 0 Å². The fraction of sp³-hybridized carbons (Fsp3) is 0.571. The van der Waals surface area contributed by atoms with Gasteiger partial charge >= 0.3 is 0 Å². The number of halogens is 2. The molecule has 6 heteroatoms. The van der Waals surface area contributed by atoms with Crippen LogP contribution >= 0.6 is 34.9 Å². The van der Waals surface area contributed by atoms with Gasteiger partial charge in [-0.05, 0) is 18.9 Å². The van der Waals surface area contributed by atoms with E-state index in [0.717, 1.165) is 16.7 Å². The molecule has 1 fully saturated rings. The Balaban J connectivity index is 1.87. The van der Waals surface area contributed by atoms with E-state index in [2.05, 4.69) is 14.1 Å². The standard InChI is InChI=1S/C14H17Cl2N3S/c15-10-8-11(16)13-14(19-20-18-13)12(10)17-9-6-4-2-1-3-5-7-9/h8-9,17H,1-7H2. The van der Waals surface area contributed by atoms with Crippen molar-refractivity contribution < 1.29 is 0 Å². The van der Waals surface area contributed by atoms with E-state index in [9.17, 15) is 0 Å². The molecule has 0 saturated heterocycles. The molecule has 20 heavy (non-hydrogen) atoms. The topological polar surface area (TPSA) is 37.8 Å². The Morgan fingerprint density at radius 3 is 2.35 bits per heavy atom. The lowest BCUT2D eigenvalue weighted by molar-refractivity contribution is 0.471. The van der Waals surface area contributed by atoms with Crippen LogP contribution in [0.3, 0.4) is 0 Å². The molecule has 108 valence electrons. The first-order valence-electron chi connectivity index (χ1n) is 7.12. The summed E-state index contributed by atoms with van der Waals surface area (Å²) in [6.07, 6.45) is 8.98. The predicted octanol–water partition coefficient (Wildman–Crippen LogP) is 5.52.